The van der Waals surface area contributed by atoms with Gasteiger partial charge in [0, 0.05) is 13.1 Å². The quantitative estimate of drug-likeness (QED) is 0.795. The molecule has 1 aliphatic heterocycles. The summed E-state index contributed by atoms with van der Waals surface area (Å²) in [5.41, 5.74) is 1.61. The predicted molar refractivity (Wildman–Crippen MR) is 71.4 cm³/mol. The molecule has 0 N–H and O–H groups in total. The van der Waals surface area contributed by atoms with Crippen LogP contribution >= 0.6 is 11.6 Å². The number of rotatable bonds is 2. The zero-order valence-electron chi connectivity index (χ0n) is 10.1. The summed E-state index contributed by atoms with van der Waals surface area (Å²) < 4.78 is 0. The number of hydrogen-bond donors (Lipinski definition) is 0. The smallest absolute Gasteiger partial charge is 0.103 e. The lowest BCUT2D eigenvalue weighted by Crippen LogP contribution is -2.35. The number of halogens is 1. The van der Waals surface area contributed by atoms with Gasteiger partial charge in [0.1, 0.15) is 6.07 Å². The summed E-state index contributed by atoms with van der Waals surface area (Å²) in [6, 6.07) is 7.93. The Bertz CT molecular complexity index is 436. The average Bonchev–Trinajstić information content (AvgIpc) is 2.38. The number of nitriles is 1. The first-order chi connectivity index (χ1) is 8.26. The lowest BCUT2D eigenvalue weighted by Gasteiger charge is -2.34. The molecule has 0 spiro atoms. The molecule has 2 nitrogen and oxygen atoms in total. The normalized spacial score (nSPS) is 20.1. The van der Waals surface area contributed by atoms with Gasteiger partial charge in [0.2, 0.25) is 0 Å². The Morgan fingerprint density at radius 2 is 2.35 bits per heavy atom. The summed E-state index contributed by atoms with van der Waals surface area (Å²) >= 11 is 6.07. The Labute approximate surface area is 108 Å². The molecular weight excluding hydrogens is 232 g/mol. The highest BCUT2D eigenvalue weighted by Crippen LogP contribution is 2.30. The van der Waals surface area contributed by atoms with Crippen molar-refractivity contribution in [3.8, 4) is 6.07 Å². The summed E-state index contributed by atoms with van der Waals surface area (Å²) in [6.45, 7) is 4.31. The van der Waals surface area contributed by atoms with Crippen molar-refractivity contribution in [1.82, 2.24) is 0 Å². The van der Waals surface area contributed by atoms with Crippen LogP contribution in [0, 0.1) is 17.2 Å². The van der Waals surface area contributed by atoms with E-state index in [0.29, 0.717) is 10.6 Å². The van der Waals surface area contributed by atoms with E-state index in [1.54, 1.807) is 6.07 Å². The van der Waals surface area contributed by atoms with Gasteiger partial charge in [-0.25, -0.2) is 0 Å². The Morgan fingerprint density at radius 3 is 3.06 bits per heavy atom. The molecule has 3 heteroatoms. The molecule has 17 heavy (non-hydrogen) atoms. The van der Waals surface area contributed by atoms with E-state index in [4.69, 9.17) is 11.6 Å². The fraction of sp³-hybridized carbons (Fsp3) is 0.500. The van der Waals surface area contributed by atoms with Crippen molar-refractivity contribution in [3.63, 3.8) is 0 Å². The highest BCUT2D eigenvalue weighted by atomic mass is 35.5. The van der Waals surface area contributed by atoms with Crippen molar-refractivity contribution in [1.29, 1.82) is 5.26 Å². The van der Waals surface area contributed by atoms with Gasteiger partial charge < -0.3 is 4.90 Å². The molecule has 1 aromatic rings. The van der Waals surface area contributed by atoms with Crippen LogP contribution in [0.25, 0.3) is 0 Å². The van der Waals surface area contributed by atoms with Crippen LogP contribution in [0.15, 0.2) is 18.2 Å². The van der Waals surface area contributed by atoms with Gasteiger partial charge in [-0.15, -0.1) is 0 Å². The van der Waals surface area contributed by atoms with E-state index >= 15 is 0 Å². The first-order valence-corrected chi connectivity index (χ1v) is 6.57. The zero-order chi connectivity index (χ0) is 12.3. The van der Waals surface area contributed by atoms with E-state index in [9.17, 15) is 5.26 Å². The maximum Gasteiger partial charge on any atom is 0.103 e. The van der Waals surface area contributed by atoms with Crippen LogP contribution in [0.3, 0.4) is 0 Å². The molecular formula is C14H17ClN2. The molecule has 1 unspecified atom stereocenters. The minimum absolute atomic E-state index is 0.559. The molecule has 1 saturated heterocycles. The van der Waals surface area contributed by atoms with Crippen molar-refractivity contribution in [2.24, 2.45) is 5.92 Å². The van der Waals surface area contributed by atoms with Gasteiger partial charge in [-0.1, -0.05) is 31.0 Å². The molecule has 0 saturated carbocycles. The molecule has 1 aromatic carbocycles. The molecule has 1 aliphatic rings. The molecule has 0 bridgehead atoms. The third-order valence-corrected chi connectivity index (χ3v) is 3.86. The molecule has 0 aromatic heterocycles. The Balaban J connectivity index is 2.28. The molecule has 1 heterocycles. The summed E-state index contributed by atoms with van der Waals surface area (Å²) in [5.74, 6) is 0.745. The van der Waals surface area contributed by atoms with Gasteiger partial charge in [0.15, 0.2) is 0 Å². The second-order valence-electron chi connectivity index (χ2n) is 4.61. The predicted octanol–water partition coefficient (Wildman–Crippen LogP) is 3.84. The Kier molecular flexibility index (Phi) is 3.91. The van der Waals surface area contributed by atoms with Crippen molar-refractivity contribution < 1.29 is 0 Å². The largest absolute Gasteiger partial charge is 0.370 e. The molecule has 2 rings (SSSR count). The lowest BCUT2D eigenvalue weighted by atomic mass is 9.95. The van der Waals surface area contributed by atoms with Crippen LogP contribution in [-0.2, 0) is 0 Å². The van der Waals surface area contributed by atoms with Crippen LogP contribution in [-0.4, -0.2) is 13.1 Å². The van der Waals surface area contributed by atoms with Crippen molar-refractivity contribution in [2.75, 3.05) is 18.0 Å². The number of benzene rings is 1. The van der Waals surface area contributed by atoms with Crippen molar-refractivity contribution >= 4 is 17.3 Å². The van der Waals surface area contributed by atoms with Gasteiger partial charge in [0.05, 0.1) is 16.3 Å². The van der Waals surface area contributed by atoms with E-state index in [0.717, 1.165) is 24.7 Å². The van der Waals surface area contributed by atoms with E-state index in [2.05, 4.69) is 17.9 Å². The highest BCUT2D eigenvalue weighted by Gasteiger charge is 2.21. The van der Waals surface area contributed by atoms with E-state index < -0.39 is 0 Å². The summed E-state index contributed by atoms with van der Waals surface area (Å²) in [4.78, 5) is 2.31. The van der Waals surface area contributed by atoms with Gasteiger partial charge in [-0.05, 0) is 30.9 Å². The second kappa shape index (κ2) is 5.42. The third kappa shape index (κ3) is 2.56. The maximum absolute atomic E-state index is 9.19. The molecule has 0 aliphatic carbocycles. The third-order valence-electron chi connectivity index (χ3n) is 3.54. The van der Waals surface area contributed by atoms with Gasteiger partial charge in [-0.3, -0.25) is 0 Å². The van der Waals surface area contributed by atoms with Crippen LogP contribution in [0.2, 0.25) is 5.02 Å². The molecule has 0 amide bonds. The lowest BCUT2D eigenvalue weighted by molar-refractivity contribution is 0.404. The minimum atomic E-state index is 0.559. The van der Waals surface area contributed by atoms with Crippen LogP contribution in [0.5, 0.6) is 0 Å². The molecule has 0 radical (unpaired) electrons. The first-order valence-electron chi connectivity index (χ1n) is 6.19. The fourth-order valence-electron chi connectivity index (χ4n) is 2.50. The zero-order valence-corrected chi connectivity index (χ0v) is 10.9. The number of anilines is 1. The average molecular weight is 249 g/mol. The monoisotopic (exact) mass is 248 g/mol. The van der Waals surface area contributed by atoms with Crippen LogP contribution in [0.1, 0.15) is 31.7 Å². The number of hydrogen-bond acceptors (Lipinski definition) is 2. The topological polar surface area (TPSA) is 27.0 Å². The molecule has 1 fully saturated rings. The number of nitrogens with zero attached hydrogens (tertiary/aromatic N) is 2. The fourth-order valence-corrected chi connectivity index (χ4v) is 2.72. The molecule has 90 valence electrons. The summed E-state index contributed by atoms with van der Waals surface area (Å²) in [7, 11) is 0. The van der Waals surface area contributed by atoms with Crippen LogP contribution < -0.4 is 4.90 Å². The summed E-state index contributed by atoms with van der Waals surface area (Å²) in [5, 5.41) is 9.75. The SMILES string of the molecule is CCC1CCCN(c2cccc(Cl)c2C#N)C1. The molecule has 1 atom stereocenters. The minimum Gasteiger partial charge on any atom is -0.370 e. The number of piperidine rings is 1. The van der Waals surface area contributed by atoms with E-state index in [1.165, 1.54) is 19.3 Å². The van der Waals surface area contributed by atoms with Gasteiger partial charge in [-0.2, -0.15) is 5.26 Å². The van der Waals surface area contributed by atoms with E-state index in [1.807, 2.05) is 12.1 Å². The van der Waals surface area contributed by atoms with E-state index in [-0.39, 0.29) is 0 Å². The van der Waals surface area contributed by atoms with Crippen molar-refractivity contribution in [3.05, 3.63) is 28.8 Å². The maximum atomic E-state index is 9.19. The highest BCUT2D eigenvalue weighted by molar-refractivity contribution is 6.32. The van der Waals surface area contributed by atoms with Crippen LogP contribution in [0.4, 0.5) is 5.69 Å². The van der Waals surface area contributed by atoms with Gasteiger partial charge in [0.25, 0.3) is 0 Å². The standard InChI is InChI=1S/C14H17ClN2/c1-2-11-5-4-8-17(10-11)14-7-3-6-13(15)12(14)9-16/h3,6-7,11H,2,4-5,8,10H2,1H3. The Morgan fingerprint density at radius 1 is 1.53 bits per heavy atom. The Hall–Kier alpha value is -1.20. The summed E-state index contributed by atoms with van der Waals surface area (Å²) in [6.07, 6.45) is 3.71. The second-order valence-corrected chi connectivity index (χ2v) is 5.02. The first kappa shape index (κ1) is 12.3. The van der Waals surface area contributed by atoms with Crippen molar-refractivity contribution in [2.45, 2.75) is 26.2 Å². The van der Waals surface area contributed by atoms with Gasteiger partial charge >= 0.3 is 0 Å².